The predicted octanol–water partition coefficient (Wildman–Crippen LogP) is 2.94. The van der Waals surface area contributed by atoms with Crippen molar-refractivity contribution in [3.05, 3.63) is 40.7 Å². The summed E-state index contributed by atoms with van der Waals surface area (Å²) in [6, 6.07) is 5.70. The van der Waals surface area contributed by atoms with Crippen LogP contribution >= 0.6 is 27.5 Å². The van der Waals surface area contributed by atoms with Crippen LogP contribution in [0.4, 0.5) is 0 Å². The normalized spacial score (nSPS) is 10.5. The van der Waals surface area contributed by atoms with Gasteiger partial charge < -0.3 is 4.74 Å². The monoisotopic (exact) mass is 315 g/mol. The summed E-state index contributed by atoms with van der Waals surface area (Å²) in [4.78, 5) is 0. The highest BCUT2D eigenvalue weighted by Crippen LogP contribution is 2.26. The summed E-state index contributed by atoms with van der Waals surface area (Å²) >= 11 is 9.47. The molecule has 0 atom stereocenters. The second-order valence-electron chi connectivity index (χ2n) is 3.57. The van der Waals surface area contributed by atoms with Crippen LogP contribution in [0.15, 0.2) is 24.4 Å². The van der Waals surface area contributed by atoms with E-state index in [-0.39, 0.29) is 0 Å². The molecule has 4 nitrogen and oxygen atoms in total. The van der Waals surface area contributed by atoms with Crippen molar-refractivity contribution in [2.24, 2.45) is 7.05 Å². The lowest BCUT2D eigenvalue weighted by Crippen LogP contribution is -1.96. The Kier molecular flexibility index (Phi) is 4.02. The maximum atomic E-state index is 6.09. The lowest BCUT2D eigenvalue weighted by Gasteiger charge is -2.07. The van der Waals surface area contributed by atoms with E-state index in [1.807, 2.05) is 25.2 Å². The van der Waals surface area contributed by atoms with Gasteiger partial charge in [0.15, 0.2) is 0 Å². The van der Waals surface area contributed by atoms with Gasteiger partial charge >= 0.3 is 0 Å². The van der Waals surface area contributed by atoms with Gasteiger partial charge in [0.1, 0.15) is 18.1 Å². The Balaban J connectivity index is 2.04. The Bertz CT molecular complexity index is 515. The zero-order valence-electron chi connectivity index (χ0n) is 9.23. The number of hydrogen-bond acceptors (Lipinski definition) is 3. The van der Waals surface area contributed by atoms with E-state index < -0.39 is 0 Å². The van der Waals surface area contributed by atoms with Gasteiger partial charge in [0.25, 0.3) is 0 Å². The third-order valence-electron chi connectivity index (χ3n) is 2.18. The van der Waals surface area contributed by atoms with E-state index in [9.17, 15) is 0 Å². The highest BCUT2D eigenvalue weighted by molar-refractivity contribution is 9.08. The number of rotatable bonds is 4. The van der Waals surface area contributed by atoms with E-state index in [4.69, 9.17) is 16.3 Å². The minimum absolute atomic E-state index is 0.362. The highest BCUT2D eigenvalue weighted by atomic mass is 79.9. The zero-order chi connectivity index (χ0) is 12.3. The molecule has 90 valence electrons. The first-order valence-electron chi connectivity index (χ1n) is 5.01. The van der Waals surface area contributed by atoms with E-state index in [1.54, 1.807) is 10.9 Å². The van der Waals surface area contributed by atoms with Crippen LogP contribution < -0.4 is 4.74 Å². The highest BCUT2D eigenvalue weighted by Gasteiger charge is 2.04. The second-order valence-corrected chi connectivity index (χ2v) is 4.54. The number of aromatic nitrogens is 3. The first-order chi connectivity index (χ1) is 8.19. The standard InChI is InChI=1S/C11H11BrClN3O/c1-16-6-9(14-15-16)7-17-11-3-2-8(5-12)4-10(11)13/h2-4,6H,5,7H2,1H3. The van der Waals surface area contributed by atoms with Crippen molar-refractivity contribution in [1.82, 2.24) is 15.0 Å². The van der Waals surface area contributed by atoms with Crippen LogP contribution in [0, 0.1) is 0 Å². The SMILES string of the molecule is Cn1cc(COc2ccc(CBr)cc2Cl)nn1. The topological polar surface area (TPSA) is 39.9 Å². The Hall–Kier alpha value is -1.07. The third kappa shape index (κ3) is 3.20. The molecule has 0 aliphatic carbocycles. The molecule has 0 radical (unpaired) electrons. The molecule has 0 aliphatic heterocycles. The summed E-state index contributed by atoms with van der Waals surface area (Å²) in [5.41, 5.74) is 1.88. The fourth-order valence-electron chi connectivity index (χ4n) is 1.36. The molecule has 1 heterocycles. The quantitative estimate of drug-likeness (QED) is 0.814. The van der Waals surface area contributed by atoms with Crippen LogP contribution in [0.25, 0.3) is 0 Å². The van der Waals surface area contributed by atoms with Crippen LogP contribution in [-0.2, 0) is 19.0 Å². The van der Waals surface area contributed by atoms with E-state index in [0.29, 0.717) is 17.4 Å². The summed E-state index contributed by atoms with van der Waals surface area (Å²) in [6.07, 6.45) is 1.81. The first-order valence-corrected chi connectivity index (χ1v) is 6.51. The molecule has 1 aromatic heterocycles. The van der Waals surface area contributed by atoms with Gasteiger partial charge in [0, 0.05) is 12.4 Å². The predicted molar refractivity (Wildman–Crippen MR) is 69.4 cm³/mol. The Morgan fingerprint density at radius 2 is 2.29 bits per heavy atom. The summed E-state index contributed by atoms with van der Waals surface area (Å²) in [5.74, 6) is 0.655. The third-order valence-corrected chi connectivity index (χ3v) is 3.12. The van der Waals surface area contributed by atoms with Crippen LogP contribution in [0.3, 0.4) is 0 Å². The van der Waals surface area contributed by atoms with E-state index in [0.717, 1.165) is 16.6 Å². The number of hydrogen-bond donors (Lipinski definition) is 0. The van der Waals surface area contributed by atoms with Crippen LogP contribution in [0.5, 0.6) is 5.75 Å². The smallest absolute Gasteiger partial charge is 0.138 e. The van der Waals surface area contributed by atoms with Crippen molar-refractivity contribution in [2.75, 3.05) is 0 Å². The molecule has 1 aromatic carbocycles. The number of nitrogens with zero attached hydrogens (tertiary/aromatic N) is 3. The van der Waals surface area contributed by atoms with E-state index in [1.165, 1.54) is 0 Å². The Labute approximate surface area is 113 Å². The van der Waals surface area contributed by atoms with Crippen molar-refractivity contribution < 1.29 is 4.74 Å². The van der Waals surface area contributed by atoms with Crippen molar-refractivity contribution >= 4 is 27.5 Å². The molecule has 0 saturated carbocycles. The summed E-state index contributed by atoms with van der Waals surface area (Å²) in [7, 11) is 1.81. The minimum atomic E-state index is 0.362. The lowest BCUT2D eigenvalue weighted by atomic mass is 10.2. The molecule has 2 aromatic rings. The number of aryl methyl sites for hydroxylation is 1. The van der Waals surface area contributed by atoms with Crippen molar-refractivity contribution in [1.29, 1.82) is 0 Å². The minimum Gasteiger partial charge on any atom is -0.486 e. The van der Waals surface area contributed by atoms with Gasteiger partial charge in [-0.3, -0.25) is 4.68 Å². The molecule has 0 spiro atoms. The van der Waals surface area contributed by atoms with Crippen LogP contribution in [-0.4, -0.2) is 15.0 Å². The summed E-state index contributed by atoms with van der Waals surface area (Å²) in [6.45, 7) is 0.362. The fraction of sp³-hybridized carbons (Fsp3) is 0.273. The lowest BCUT2D eigenvalue weighted by molar-refractivity contribution is 0.301. The summed E-state index contributed by atoms with van der Waals surface area (Å²) in [5, 5.41) is 9.14. The molecule has 6 heteroatoms. The Morgan fingerprint density at radius 1 is 1.47 bits per heavy atom. The van der Waals surface area contributed by atoms with Gasteiger partial charge in [-0.15, -0.1) is 5.10 Å². The molecular formula is C11H11BrClN3O. The maximum Gasteiger partial charge on any atom is 0.138 e. The van der Waals surface area contributed by atoms with E-state index >= 15 is 0 Å². The van der Waals surface area contributed by atoms with Gasteiger partial charge in [0.05, 0.1) is 11.2 Å². The van der Waals surface area contributed by atoms with E-state index in [2.05, 4.69) is 26.2 Å². The molecule has 2 rings (SSSR count). The molecule has 0 N–H and O–H groups in total. The van der Waals surface area contributed by atoms with Crippen molar-refractivity contribution in [2.45, 2.75) is 11.9 Å². The largest absolute Gasteiger partial charge is 0.486 e. The van der Waals surface area contributed by atoms with Crippen LogP contribution in [0.1, 0.15) is 11.3 Å². The van der Waals surface area contributed by atoms with Crippen molar-refractivity contribution in [3.63, 3.8) is 0 Å². The maximum absolute atomic E-state index is 6.09. The molecule has 17 heavy (non-hydrogen) atoms. The van der Waals surface area contributed by atoms with Gasteiger partial charge in [-0.05, 0) is 17.7 Å². The Morgan fingerprint density at radius 3 is 2.88 bits per heavy atom. The van der Waals surface area contributed by atoms with Crippen molar-refractivity contribution in [3.8, 4) is 5.75 Å². The van der Waals surface area contributed by atoms with Gasteiger partial charge in [-0.25, -0.2) is 0 Å². The van der Waals surface area contributed by atoms with Gasteiger partial charge in [0.2, 0.25) is 0 Å². The van der Waals surface area contributed by atoms with Crippen LogP contribution in [0.2, 0.25) is 5.02 Å². The molecule has 0 aliphatic rings. The zero-order valence-corrected chi connectivity index (χ0v) is 11.6. The van der Waals surface area contributed by atoms with Gasteiger partial charge in [-0.2, -0.15) is 0 Å². The fourth-order valence-corrected chi connectivity index (χ4v) is 1.96. The summed E-state index contributed by atoms with van der Waals surface area (Å²) < 4.78 is 7.21. The number of halogens is 2. The molecule has 0 fully saturated rings. The molecular weight excluding hydrogens is 305 g/mol. The van der Waals surface area contributed by atoms with Gasteiger partial charge in [-0.1, -0.05) is 38.8 Å². The molecule has 0 amide bonds. The number of benzene rings is 1. The first kappa shape index (κ1) is 12.4. The number of alkyl halides is 1. The molecule has 0 saturated heterocycles. The second kappa shape index (κ2) is 5.51. The average Bonchev–Trinajstić information content (AvgIpc) is 2.73. The molecule has 0 bridgehead atoms. The number of ether oxygens (including phenoxy) is 1. The molecule has 0 unspecified atom stereocenters. The average molecular weight is 317 g/mol.